The fourth-order valence-electron chi connectivity index (χ4n) is 3.53. The van der Waals surface area contributed by atoms with Crippen molar-refractivity contribution in [2.24, 2.45) is 5.92 Å². The second-order valence-electron chi connectivity index (χ2n) is 7.62. The maximum atomic E-state index is 13.0. The maximum absolute atomic E-state index is 13.0. The van der Waals surface area contributed by atoms with Gasteiger partial charge in [0.05, 0.1) is 4.90 Å². The summed E-state index contributed by atoms with van der Waals surface area (Å²) in [4.78, 5) is 24.5. The predicted molar refractivity (Wildman–Crippen MR) is 116 cm³/mol. The Morgan fingerprint density at radius 2 is 1.65 bits per heavy atom. The van der Waals surface area contributed by atoms with Crippen LogP contribution in [0.25, 0.3) is 0 Å². The molecular weight excluding hydrogens is 421 g/mol. The Hall–Kier alpha value is -2.94. The summed E-state index contributed by atoms with van der Waals surface area (Å²) >= 11 is 0. The number of aryl methyl sites for hydroxylation is 1. The number of carbonyl (C=O) groups is 2. The van der Waals surface area contributed by atoms with E-state index in [2.05, 4.69) is 15.4 Å². The van der Waals surface area contributed by atoms with Crippen LogP contribution in [0.1, 0.15) is 41.6 Å². The van der Waals surface area contributed by atoms with E-state index in [1.54, 1.807) is 13.0 Å². The minimum atomic E-state index is -3.95. The van der Waals surface area contributed by atoms with Crippen LogP contribution in [-0.2, 0) is 14.8 Å². The van der Waals surface area contributed by atoms with Crippen molar-refractivity contribution in [2.75, 3.05) is 17.8 Å². The third-order valence-corrected chi connectivity index (χ3v) is 6.68. The third-order valence-electron chi connectivity index (χ3n) is 5.30. The molecule has 0 atom stereocenters. The van der Waals surface area contributed by atoms with Crippen LogP contribution in [0.15, 0.2) is 47.4 Å². The van der Waals surface area contributed by atoms with E-state index in [0.29, 0.717) is 12.1 Å². The summed E-state index contributed by atoms with van der Waals surface area (Å²) in [5.74, 6) is -0.820. The molecule has 31 heavy (non-hydrogen) atoms. The highest BCUT2D eigenvalue weighted by atomic mass is 32.2. The van der Waals surface area contributed by atoms with Crippen LogP contribution < -0.4 is 15.4 Å². The van der Waals surface area contributed by atoms with Gasteiger partial charge in [0, 0.05) is 30.3 Å². The largest absolute Gasteiger partial charge is 0.354 e. The Labute approximate surface area is 181 Å². The van der Waals surface area contributed by atoms with Crippen molar-refractivity contribution in [2.45, 2.75) is 37.5 Å². The molecule has 2 aromatic carbocycles. The SMILES string of the molecule is Cc1ccc(S(=O)(=O)Nc2ccc(F)cc2)cc1C(=O)NCCNC(=O)C1CCCC1. The number of benzene rings is 2. The summed E-state index contributed by atoms with van der Waals surface area (Å²) in [5, 5.41) is 5.54. The quantitative estimate of drug-likeness (QED) is 0.541. The van der Waals surface area contributed by atoms with E-state index >= 15 is 0 Å². The average molecular weight is 448 g/mol. The van der Waals surface area contributed by atoms with Gasteiger partial charge in [-0.15, -0.1) is 0 Å². The molecule has 0 saturated heterocycles. The molecule has 9 heteroatoms. The normalized spacial score (nSPS) is 14.3. The van der Waals surface area contributed by atoms with Gasteiger partial charge >= 0.3 is 0 Å². The lowest BCUT2D eigenvalue weighted by Gasteiger charge is -2.13. The van der Waals surface area contributed by atoms with Crippen LogP contribution in [0.3, 0.4) is 0 Å². The summed E-state index contributed by atoms with van der Waals surface area (Å²) in [6, 6.07) is 9.18. The second kappa shape index (κ2) is 9.91. The standard InChI is InChI=1S/C22H26FN3O4S/c1-15-6-11-19(31(29,30)26-18-9-7-17(23)8-10-18)14-20(15)22(28)25-13-12-24-21(27)16-4-2-3-5-16/h6-11,14,16,26H,2-5,12-13H2,1H3,(H,24,27)(H,25,28). The van der Waals surface area contributed by atoms with E-state index in [1.165, 1.54) is 24.3 Å². The van der Waals surface area contributed by atoms with Crippen molar-refractivity contribution in [3.63, 3.8) is 0 Å². The minimum Gasteiger partial charge on any atom is -0.354 e. The molecule has 7 nitrogen and oxygen atoms in total. The molecule has 1 saturated carbocycles. The van der Waals surface area contributed by atoms with Crippen LogP contribution in [-0.4, -0.2) is 33.3 Å². The summed E-state index contributed by atoms with van der Waals surface area (Å²) in [7, 11) is -3.95. The van der Waals surface area contributed by atoms with E-state index in [4.69, 9.17) is 0 Å². The van der Waals surface area contributed by atoms with Crippen molar-refractivity contribution in [1.29, 1.82) is 0 Å². The van der Waals surface area contributed by atoms with Gasteiger partial charge in [0.25, 0.3) is 15.9 Å². The first-order valence-electron chi connectivity index (χ1n) is 10.2. The molecule has 0 heterocycles. The van der Waals surface area contributed by atoms with Crippen molar-refractivity contribution < 1.29 is 22.4 Å². The van der Waals surface area contributed by atoms with E-state index in [9.17, 15) is 22.4 Å². The molecule has 0 aromatic heterocycles. The first-order chi connectivity index (χ1) is 14.8. The number of sulfonamides is 1. The highest BCUT2D eigenvalue weighted by Gasteiger charge is 2.22. The smallest absolute Gasteiger partial charge is 0.261 e. The highest BCUT2D eigenvalue weighted by molar-refractivity contribution is 7.92. The van der Waals surface area contributed by atoms with E-state index in [-0.39, 0.29) is 34.5 Å². The van der Waals surface area contributed by atoms with Crippen LogP contribution >= 0.6 is 0 Å². The first-order valence-corrected chi connectivity index (χ1v) is 11.7. The van der Waals surface area contributed by atoms with E-state index in [0.717, 1.165) is 37.8 Å². The average Bonchev–Trinajstić information content (AvgIpc) is 3.27. The highest BCUT2D eigenvalue weighted by Crippen LogP contribution is 2.24. The Kier molecular flexibility index (Phi) is 7.27. The lowest BCUT2D eigenvalue weighted by Crippen LogP contribution is -2.37. The predicted octanol–water partition coefficient (Wildman–Crippen LogP) is 2.97. The number of nitrogens with one attached hydrogen (secondary N) is 3. The van der Waals surface area contributed by atoms with Gasteiger partial charge in [-0.25, -0.2) is 12.8 Å². The van der Waals surface area contributed by atoms with Gasteiger partial charge in [-0.3, -0.25) is 14.3 Å². The van der Waals surface area contributed by atoms with Gasteiger partial charge in [-0.2, -0.15) is 0 Å². The fraction of sp³-hybridized carbons (Fsp3) is 0.364. The summed E-state index contributed by atoms with van der Waals surface area (Å²) in [6.07, 6.45) is 3.96. The molecule has 2 aromatic rings. The van der Waals surface area contributed by atoms with Crippen LogP contribution in [0, 0.1) is 18.7 Å². The Morgan fingerprint density at radius 1 is 1.00 bits per heavy atom. The van der Waals surface area contributed by atoms with Gasteiger partial charge in [0.2, 0.25) is 5.91 Å². The maximum Gasteiger partial charge on any atom is 0.261 e. The second-order valence-corrected chi connectivity index (χ2v) is 9.30. The Bertz CT molecular complexity index is 1050. The molecule has 166 valence electrons. The first kappa shape index (κ1) is 22.7. The van der Waals surface area contributed by atoms with E-state index in [1.807, 2.05) is 0 Å². The van der Waals surface area contributed by atoms with Crippen LogP contribution in [0.4, 0.5) is 10.1 Å². The molecule has 1 fully saturated rings. The number of rotatable bonds is 8. The topological polar surface area (TPSA) is 104 Å². The lowest BCUT2D eigenvalue weighted by atomic mass is 10.1. The zero-order valence-corrected chi connectivity index (χ0v) is 18.1. The zero-order valence-electron chi connectivity index (χ0n) is 17.3. The van der Waals surface area contributed by atoms with Crippen LogP contribution in [0.5, 0.6) is 0 Å². The minimum absolute atomic E-state index is 0.0166. The van der Waals surface area contributed by atoms with Gasteiger partial charge in [0.15, 0.2) is 0 Å². The third kappa shape index (κ3) is 6.04. The molecule has 1 aliphatic carbocycles. The van der Waals surface area contributed by atoms with E-state index < -0.39 is 21.7 Å². The Morgan fingerprint density at radius 3 is 2.32 bits per heavy atom. The van der Waals surface area contributed by atoms with Gasteiger partial charge in [-0.05, 0) is 61.7 Å². The molecule has 3 rings (SSSR count). The number of hydrogen-bond donors (Lipinski definition) is 3. The molecule has 1 aliphatic rings. The van der Waals surface area contributed by atoms with Crippen molar-refractivity contribution in [1.82, 2.24) is 10.6 Å². The number of hydrogen-bond acceptors (Lipinski definition) is 4. The van der Waals surface area contributed by atoms with Gasteiger partial charge < -0.3 is 10.6 Å². The fourth-order valence-corrected chi connectivity index (χ4v) is 4.62. The van der Waals surface area contributed by atoms with Gasteiger partial charge in [0.1, 0.15) is 5.82 Å². The number of amides is 2. The molecule has 2 amide bonds. The molecule has 0 aliphatic heterocycles. The summed E-state index contributed by atoms with van der Waals surface area (Å²) < 4.78 is 40.7. The number of anilines is 1. The van der Waals surface area contributed by atoms with Crippen molar-refractivity contribution in [3.8, 4) is 0 Å². The van der Waals surface area contributed by atoms with Crippen LogP contribution in [0.2, 0.25) is 0 Å². The summed E-state index contributed by atoms with van der Waals surface area (Å²) in [5.41, 5.74) is 1.06. The molecule has 3 N–H and O–H groups in total. The number of carbonyl (C=O) groups excluding carboxylic acids is 2. The lowest BCUT2D eigenvalue weighted by molar-refractivity contribution is -0.124. The van der Waals surface area contributed by atoms with Crippen molar-refractivity contribution in [3.05, 3.63) is 59.4 Å². The Balaban J connectivity index is 1.60. The summed E-state index contributed by atoms with van der Waals surface area (Å²) in [6.45, 7) is 2.26. The van der Waals surface area contributed by atoms with Crippen molar-refractivity contribution >= 4 is 27.5 Å². The zero-order chi connectivity index (χ0) is 22.4. The van der Waals surface area contributed by atoms with Gasteiger partial charge in [-0.1, -0.05) is 18.9 Å². The molecule has 0 bridgehead atoms. The molecule has 0 radical (unpaired) electrons. The monoisotopic (exact) mass is 447 g/mol. The number of halogens is 1. The molecule has 0 spiro atoms. The molecule has 0 unspecified atom stereocenters. The molecular formula is C22H26FN3O4S.